The van der Waals surface area contributed by atoms with Crippen molar-refractivity contribution in [1.82, 2.24) is 0 Å². The van der Waals surface area contributed by atoms with Crippen molar-refractivity contribution in [2.75, 3.05) is 5.32 Å². The van der Waals surface area contributed by atoms with Crippen molar-refractivity contribution in [2.24, 2.45) is 0 Å². The second-order valence-electron chi connectivity index (χ2n) is 3.49. The van der Waals surface area contributed by atoms with Gasteiger partial charge in [-0.05, 0) is 36.4 Å². The summed E-state index contributed by atoms with van der Waals surface area (Å²) in [5.41, 5.74) is 1.66. The van der Waals surface area contributed by atoms with E-state index in [0.717, 1.165) is 11.4 Å². The Morgan fingerprint density at radius 1 is 0.833 bits per heavy atom. The zero-order valence-corrected chi connectivity index (χ0v) is 11.8. The van der Waals surface area contributed by atoms with Crippen molar-refractivity contribution in [1.29, 1.82) is 0 Å². The number of rotatable bonds is 3. The minimum Gasteiger partial charge on any atom is -0.356 e. The molecule has 6 heteroatoms. The molecule has 0 spiro atoms. The molecule has 0 atom stereocenters. The molecule has 0 aromatic heterocycles. The second kappa shape index (κ2) is 6.19. The summed E-state index contributed by atoms with van der Waals surface area (Å²) in [6.45, 7) is 0. The Hall–Kier alpha value is -1.08. The predicted molar refractivity (Wildman–Crippen MR) is 71.7 cm³/mol. The van der Waals surface area contributed by atoms with E-state index in [0.29, 0.717) is 0 Å². The average Bonchev–Trinajstić information content (AvgIpc) is 2.30. The van der Waals surface area contributed by atoms with Gasteiger partial charge < -0.3 is 5.32 Å². The second-order valence-corrected chi connectivity index (χ2v) is 4.91. The number of hydrogen-bond acceptors (Lipinski definition) is 3. The van der Waals surface area contributed by atoms with Crippen molar-refractivity contribution < 1.29 is 13.0 Å². The third-order valence-electron chi connectivity index (χ3n) is 2.21. The fourth-order valence-electron chi connectivity index (χ4n) is 1.40. The fourth-order valence-corrected chi connectivity index (χ4v) is 1.88. The Kier molecular flexibility index (Phi) is 5.15. The molecule has 2 aromatic carbocycles. The standard InChI is InChI=1S/C12H11NO3S.Mg/c14-17(15,16)12-8-6-11(7-9-12)13-10-4-2-1-3-5-10;/h1-9,13H,(H,14,15,16);/q;+2. The smallest absolute Gasteiger partial charge is 0.356 e. The predicted octanol–water partition coefficient (Wildman–Crippen LogP) is 2.30. The number of para-hydroxylation sites is 1. The van der Waals surface area contributed by atoms with Crippen LogP contribution in [0, 0.1) is 0 Å². The van der Waals surface area contributed by atoms with E-state index in [4.69, 9.17) is 4.55 Å². The molecule has 0 radical (unpaired) electrons. The van der Waals surface area contributed by atoms with Crippen LogP contribution in [0.25, 0.3) is 0 Å². The van der Waals surface area contributed by atoms with E-state index in [9.17, 15) is 8.42 Å². The monoisotopic (exact) mass is 273 g/mol. The van der Waals surface area contributed by atoms with Crippen molar-refractivity contribution in [3.63, 3.8) is 0 Å². The van der Waals surface area contributed by atoms with Crippen LogP contribution in [0.1, 0.15) is 0 Å². The molecule has 0 saturated heterocycles. The number of benzene rings is 2. The fraction of sp³-hybridized carbons (Fsp3) is 0. The largest absolute Gasteiger partial charge is 2.00 e. The molecule has 4 nitrogen and oxygen atoms in total. The molecule has 0 fully saturated rings. The molecule has 0 aliphatic heterocycles. The number of nitrogens with one attached hydrogen (secondary N) is 1. The van der Waals surface area contributed by atoms with Crippen LogP contribution in [-0.2, 0) is 10.1 Å². The van der Waals surface area contributed by atoms with Gasteiger partial charge in [-0.15, -0.1) is 0 Å². The zero-order valence-electron chi connectivity index (χ0n) is 9.58. The Labute approximate surface area is 122 Å². The number of anilines is 2. The van der Waals surface area contributed by atoms with Crippen LogP contribution < -0.4 is 5.32 Å². The summed E-state index contributed by atoms with van der Waals surface area (Å²) in [5.74, 6) is 0. The van der Waals surface area contributed by atoms with Gasteiger partial charge in [0.2, 0.25) is 0 Å². The normalized spacial score (nSPS) is 10.5. The van der Waals surface area contributed by atoms with Gasteiger partial charge in [-0.2, -0.15) is 8.42 Å². The summed E-state index contributed by atoms with van der Waals surface area (Å²) in [4.78, 5) is -0.115. The van der Waals surface area contributed by atoms with E-state index >= 15 is 0 Å². The maximum absolute atomic E-state index is 10.8. The first kappa shape index (κ1) is 15.0. The quantitative estimate of drug-likeness (QED) is 0.665. The molecule has 0 aliphatic carbocycles. The molecule has 18 heavy (non-hydrogen) atoms. The summed E-state index contributed by atoms with van der Waals surface area (Å²) < 4.78 is 30.5. The van der Waals surface area contributed by atoms with Crippen LogP contribution in [0.4, 0.5) is 11.4 Å². The van der Waals surface area contributed by atoms with Crippen LogP contribution in [0.5, 0.6) is 0 Å². The molecular weight excluding hydrogens is 263 g/mol. The van der Waals surface area contributed by atoms with E-state index in [-0.39, 0.29) is 27.9 Å². The first-order valence-electron chi connectivity index (χ1n) is 4.95. The topological polar surface area (TPSA) is 66.4 Å². The Morgan fingerprint density at radius 2 is 1.33 bits per heavy atom. The molecule has 0 aliphatic rings. The van der Waals surface area contributed by atoms with Crippen molar-refractivity contribution >= 4 is 44.5 Å². The van der Waals surface area contributed by atoms with Crippen molar-refractivity contribution in [2.45, 2.75) is 4.90 Å². The Balaban J connectivity index is 0.00000162. The Morgan fingerprint density at radius 3 is 1.83 bits per heavy atom. The van der Waals surface area contributed by atoms with Gasteiger partial charge in [0.05, 0.1) is 4.90 Å². The van der Waals surface area contributed by atoms with Crippen LogP contribution in [0.15, 0.2) is 59.5 Å². The van der Waals surface area contributed by atoms with Gasteiger partial charge in [0.1, 0.15) is 0 Å². The van der Waals surface area contributed by atoms with Crippen LogP contribution >= 0.6 is 0 Å². The van der Waals surface area contributed by atoms with Gasteiger partial charge in [0, 0.05) is 11.4 Å². The summed E-state index contributed by atoms with van der Waals surface area (Å²) in [6, 6.07) is 15.4. The Bertz CT molecular complexity index is 597. The average molecular weight is 274 g/mol. The van der Waals surface area contributed by atoms with E-state index in [1.165, 1.54) is 12.1 Å². The maximum atomic E-state index is 10.8. The molecule has 0 unspecified atom stereocenters. The van der Waals surface area contributed by atoms with E-state index in [1.54, 1.807) is 12.1 Å². The minimum atomic E-state index is -4.12. The maximum Gasteiger partial charge on any atom is 2.00 e. The van der Waals surface area contributed by atoms with Crippen LogP contribution in [0.3, 0.4) is 0 Å². The van der Waals surface area contributed by atoms with Crippen LogP contribution in [0.2, 0.25) is 0 Å². The van der Waals surface area contributed by atoms with Gasteiger partial charge in [-0.3, -0.25) is 4.55 Å². The molecule has 2 aromatic rings. The first-order valence-corrected chi connectivity index (χ1v) is 6.39. The van der Waals surface area contributed by atoms with Gasteiger partial charge in [-0.25, -0.2) is 0 Å². The summed E-state index contributed by atoms with van der Waals surface area (Å²) in [7, 11) is -4.12. The summed E-state index contributed by atoms with van der Waals surface area (Å²) >= 11 is 0. The van der Waals surface area contributed by atoms with E-state index in [1.807, 2.05) is 30.3 Å². The molecule has 0 heterocycles. The van der Waals surface area contributed by atoms with Gasteiger partial charge >= 0.3 is 23.1 Å². The molecular formula is C12H11MgNO3S+2. The molecule has 2 rings (SSSR count). The van der Waals surface area contributed by atoms with Crippen molar-refractivity contribution in [3.8, 4) is 0 Å². The van der Waals surface area contributed by atoms with Gasteiger partial charge in [0.25, 0.3) is 10.1 Å². The van der Waals surface area contributed by atoms with E-state index < -0.39 is 10.1 Å². The van der Waals surface area contributed by atoms with E-state index in [2.05, 4.69) is 5.32 Å². The van der Waals surface area contributed by atoms with Crippen molar-refractivity contribution in [3.05, 3.63) is 54.6 Å². The third kappa shape index (κ3) is 3.99. The van der Waals surface area contributed by atoms with Crippen LogP contribution in [-0.4, -0.2) is 36.0 Å². The molecule has 0 saturated carbocycles. The third-order valence-corrected chi connectivity index (χ3v) is 3.08. The van der Waals surface area contributed by atoms with Gasteiger partial charge in [-0.1, -0.05) is 18.2 Å². The SMILES string of the molecule is O=S(=O)(O)c1ccc(Nc2ccccc2)cc1.[Mg+2]. The molecule has 0 bridgehead atoms. The molecule has 2 N–H and O–H groups in total. The van der Waals surface area contributed by atoms with Gasteiger partial charge in [0.15, 0.2) is 0 Å². The minimum absolute atomic E-state index is 0. The summed E-state index contributed by atoms with van der Waals surface area (Å²) in [6.07, 6.45) is 0. The molecule has 0 amide bonds. The first-order chi connectivity index (χ1) is 8.05. The molecule has 88 valence electrons. The summed E-state index contributed by atoms with van der Waals surface area (Å²) in [5, 5.41) is 3.11. The number of hydrogen-bond donors (Lipinski definition) is 2. The zero-order chi connectivity index (χ0) is 12.3.